The lowest BCUT2D eigenvalue weighted by molar-refractivity contribution is -0.384. The lowest BCUT2D eigenvalue weighted by Gasteiger charge is -2.34. The monoisotopic (exact) mass is 434 g/mol. The van der Waals surface area contributed by atoms with Crippen LogP contribution in [0.5, 0.6) is 0 Å². The predicted octanol–water partition coefficient (Wildman–Crippen LogP) is 1.80. The maximum Gasteiger partial charge on any atom is 0.294 e. The molecule has 0 aliphatic carbocycles. The molecule has 2 aromatic heterocycles. The molecule has 0 bridgehead atoms. The smallest absolute Gasteiger partial charge is 0.294 e. The van der Waals surface area contributed by atoms with Gasteiger partial charge in [0.15, 0.2) is 5.69 Å². The summed E-state index contributed by atoms with van der Waals surface area (Å²) < 4.78 is 1.28. The fourth-order valence-electron chi connectivity index (χ4n) is 3.72. The van der Waals surface area contributed by atoms with E-state index in [0.717, 1.165) is 5.69 Å². The molecule has 3 aromatic rings. The van der Waals surface area contributed by atoms with Gasteiger partial charge >= 0.3 is 0 Å². The Morgan fingerprint density at radius 3 is 2.50 bits per heavy atom. The third-order valence-corrected chi connectivity index (χ3v) is 5.39. The Kier molecular flexibility index (Phi) is 6.04. The Morgan fingerprint density at radius 2 is 1.81 bits per heavy atom. The van der Waals surface area contributed by atoms with Crippen LogP contribution in [-0.4, -0.2) is 61.6 Å². The van der Waals surface area contributed by atoms with E-state index in [1.54, 1.807) is 30.2 Å². The first-order valence-electron chi connectivity index (χ1n) is 10.2. The van der Waals surface area contributed by atoms with Crippen molar-refractivity contribution in [1.82, 2.24) is 24.6 Å². The second kappa shape index (κ2) is 9.06. The zero-order chi connectivity index (χ0) is 22.7. The van der Waals surface area contributed by atoms with E-state index in [1.165, 1.54) is 22.9 Å². The van der Waals surface area contributed by atoms with E-state index in [-0.39, 0.29) is 17.1 Å². The lowest BCUT2D eigenvalue weighted by Crippen LogP contribution is -2.49. The van der Waals surface area contributed by atoms with Crippen molar-refractivity contribution in [1.29, 1.82) is 0 Å². The second-order valence-corrected chi connectivity index (χ2v) is 7.55. The van der Waals surface area contributed by atoms with Crippen LogP contribution in [0.3, 0.4) is 0 Å². The molecule has 164 valence electrons. The zero-order valence-electron chi connectivity index (χ0n) is 17.5. The normalized spacial score (nSPS) is 14.3. The molecule has 0 atom stereocenters. The number of piperazine rings is 1. The Hall–Kier alpha value is -3.92. The minimum atomic E-state index is -0.517. The molecule has 1 amide bonds. The number of nitro benzene ring substituents is 1. The molecule has 1 fully saturated rings. The number of benzene rings is 1. The molecular formula is C22H22N6O4. The van der Waals surface area contributed by atoms with Crippen LogP contribution < -0.4 is 5.43 Å². The number of carbonyl (C=O) groups is 1. The second-order valence-electron chi connectivity index (χ2n) is 7.55. The van der Waals surface area contributed by atoms with Gasteiger partial charge in [0, 0.05) is 56.7 Å². The molecule has 1 aliphatic heterocycles. The lowest BCUT2D eigenvalue weighted by atomic mass is 10.2. The molecule has 1 aliphatic rings. The first-order chi connectivity index (χ1) is 15.4. The standard InChI is InChI=1S/C22H22N6O4/c1-16-14-20(29)21(24-27(16)18-7-2-3-8-19(18)28(31)32)22(30)26-12-10-25(11-13-26)15-17-6-4-5-9-23-17/h2-9,14H,10-13,15H2,1H3. The molecule has 0 N–H and O–H groups in total. The number of para-hydroxylation sites is 2. The van der Waals surface area contributed by atoms with Gasteiger partial charge in [-0.15, -0.1) is 0 Å². The summed E-state index contributed by atoms with van der Waals surface area (Å²) in [5.41, 5.74) is 0.656. The van der Waals surface area contributed by atoms with Gasteiger partial charge in [0.1, 0.15) is 5.69 Å². The number of hydrogen-bond donors (Lipinski definition) is 0. The minimum Gasteiger partial charge on any atom is -0.335 e. The maximum atomic E-state index is 13.1. The van der Waals surface area contributed by atoms with Gasteiger partial charge in [0.05, 0.1) is 10.6 Å². The molecule has 1 aromatic carbocycles. The molecule has 0 saturated carbocycles. The van der Waals surface area contributed by atoms with E-state index >= 15 is 0 Å². The summed E-state index contributed by atoms with van der Waals surface area (Å²) in [6.07, 6.45) is 1.75. The summed E-state index contributed by atoms with van der Waals surface area (Å²) in [7, 11) is 0. The van der Waals surface area contributed by atoms with Crippen LogP contribution in [0.2, 0.25) is 0 Å². The van der Waals surface area contributed by atoms with Gasteiger partial charge in [0.25, 0.3) is 11.6 Å². The number of rotatable bonds is 5. The number of nitro groups is 1. The van der Waals surface area contributed by atoms with Gasteiger partial charge in [-0.05, 0) is 25.1 Å². The van der Waals surface area contributed by atoms with Gasteiger partial charge in [-0.1, -0.05) is 18.2 Å². The van der Waals surface area contributed by atoms with Crippen molar-refractivity contribution >= 4 is 11.6 Å². The molecule has 10 nitrogen and oxygen atoms in total. The molecule has 0 radical (unpaired) electrons. The molecule has 4 rings (SSSR count). The quantitative estimate of drug-likeness (QED) is 0.444. The van der Waals surface area contributed by atoms with Crippen molar-refractivity contribution in [3.8, 4) is 5.69 Å². The molecule has 3 heterocycles. The average molecular weight is 434 g/mol. The van der Waals surface area contributed by atoms with Crippen molar-refractivity contribution < 1.29 is 9.72 Å². The molecule has 0 unspecified atom stereocenters. The fraction of sp³-hybridized carbons (Fsp3) is 0.273. The fourth-order valence-corrected chi connectivity index (χ4v) is 3.72. The van der Waals surface area contributed by atoms with E-state index < -0.39 is 16.3 Å². The van der Waals surface area contributed by atoms with E-state index in [0.29, 0.717) is 38.4 Å². The summed E-state index contributed by atoms with van der Waals surface area (Å²) in [6, 6.07) is 13.1. The van der Waals surface area contributed by atoms with Crippen LogP contribution in [0.4, 0.5) is 5.69 Å². The van der Waals surface area contributed by atoms with Crippen LogP contribution in [0, 0.1) is 17.0 Å². The summed E-state index contributed by atoms with van der Waals surface area (Å²) in [5.74, 6) is -0.472. The molecule has 0 spiro atoms. The highest BCUT2D eigenvalue weighted by Crippen LogP contribution is 2.22. The Morgan fingerprint density at radius 1 is 1.09 bits per heavy atom. The number of pyridine rings is 1. The van der Waals surface area contributed by atoms with Gasteiger partial charge < -0.3 is 4.90 Å². The topological polar surface area (TPSA) is 114 Å². The van der Waals surface area contributed by atoms with Gasteiger partial charge in [-0.2, -0.15) is 5.10 Å². The highest BCUT2D eigenvalue weighted by atomic mass is 16.6. The van der Waals surface area contributed by atoms with Crippen molar-refractivity contribution in [2.24, 2.45) is 0 Å². The van der Waals surface area contributed by atoms with Crippen molar-refractivity contribution in [3.05, 3.63) is 92.1 Å². The summed E-state index contributed by atoms with van der Waals surface area (Å²) in [6.45, 7) is 4.50. The Bertz CT molecular complexity index is 1200. The summed E-state index contributed by atoms with van der Waals surface area (Å²) in [4.78, 5) is 44.7. The number of aromatic nitrogens is 3. The van der Waals surface area contributed by atoms with Gasteiger partial charge in [-0.3, -0.25) is 29.6 Å². The van der Waals surface area contributed by atoms with Crippen molar-refractivity contribution in [2.45, 2.75) is 13.5 Å². The van der Waals surface area contributed by atoms with Crippen molar-refractivity contribution in [3.63, 3.8) is 0 Å². The number of nitrogens with zero attached hydrogens (tertiary/aromatic N) is 6. The van der Waals surface area contributed by atoms with E-state index in [1.807, 2.05) is 18.2 Å². The van der Waals surface area contributed by atoms with Crippen LogP contribution in [0.15, 0.2) is 59.5 Å². The van der Waals surface area contributed by atoms with Crippen LogP contribution >= 0.6 is 0 Å². The Balaban J connectivity index is 1.54. The maximum absolute atomic E-state index is 13.1. The average Bonchev–Trinajstić information content (AvgIpc) is 2.80. The van der Waals surface area contributed by atoms with E-state index in [9.17, 15) is 19.7 Å². The van der Waals surface area contributed by atoms with Crippen molar-refractivity contribution in [2.75, 3.05) is 26.2 Å². The van der Waals surface area contributed by atoms with Gasteiger partial charge in [0.2, 0.25) is 5.43 Å². The highest BCUT2D eigenvalue weighted by Gasteiger charge is 2.26. The number of carbonyl (C=O) groups excluding carboxylic acids is 1. The first-order valence-corrected chi connectivity index (χ1v) is 10.2. The Labute approximate surface area is 183 Å². The third-order valence-electron chi connectivity index (χ3n) is 5.39. The summed E-state index contributed by atoms with van der Waals surface area (Å²) >= 11 is 0. The number of hydrogen-bond acceptors (Lipinski definition) is 7. The number of aryl methyl sites for hydroxylation is 1. The molecular weight excluding hydrogens is 412 g/mol. The SMILES string of the molecule is Cc1cc(=O)c(C(=O)N2CCN(Cc3ccccn3)CC2)nn1-c1ccccc1[N+](=O)[O-]. The predicted molar refractivity (Wildman–Crippen MR) is 117 cm³/mol. The largest absolute Gasteiger partial charge is 0.335 e. The first kappa shape index (κ1) is 21.3. The third kappa shape index (κ3) is 4.40. The molecule has 1 saturated heterocycles. The summed E-state index contributed by atoms with van der Waals surface area (Å²) in [5, 5.41) is 15.7. The zero-order valence-corrected chi connectivity index (χ0v) is 17.5. The number of amides is 1. The van der Waals surface area contributed by atoms with Crippen LogP contribution in [0.1, 0.15) is 21.9 Å². The van der Waals surface area contributed by atoms with Crippen LogP contribution in [-0.2, 0) is 6.54 Å². The van der Waals surface area contributed by atoms with Crippen LogP contribution in [0.25, 0.3) is 5.69 Å². The minimum absolute atomic E-state index is 0.159. The molecule has 32 heavy (non-hydrogen) atoms. The van der Waals surface area contributed by atoms with Gasteiger partial charge in [-0.25, -0.2) is 4.68 Å². The van der Waals surface area contributed by atoms with E-state index in [2.05, 4.69) is 15.0 Å². The highest BCUT2D eigenvalue weighted by molar-refractivity contribution is 5.92. The molecule has 10 heteroatoms. The van der Waals surface area contributed by atoms with E-state index in [4.69, 9.17) is 0 Å².